The number of amides is 2. The number of pyridine rings is 1. The Kier molecular flexibility index (Phi) is 3.25. The lowest BCUT2D eigenvalue weighted by Gasteiger charge is -2.25. The van der Waals surface area contributed by atoms with Crippen molar-refractivity contribution in [1.82, 2.24) is 15.8 Å². The van der Waals surface area contributed by atoms with Gasteiger partial charge in [0.1, 0.15) is 0 Å². The minimum absolute atomic E-state index is 0.212. The van der Waals surface area contributed by atoms with Crippen molar-refractivity contribution in [2.45, 2.75) is 19.8 Å². The number of hydrogen-bond acceptors (Lipinski definition) is 5. The molecule has 2 amide bonds. The van der Waals surface area contributed by atoms with Gasteiger partial charge in [-0.3, -0.25) is 14.6 Å². The summed E-state index contributed by atoms with van der Waals surface area (Å²) >= 11 is 0. The molecule has 0 aliphatic carbocycles. The van der Waals surface area contributed by atoms with Crippen molar-refractivity contribution in [3.63, 3.8) is 0 Å². The molecular weight excluding hydrogens is 270 g/mol. The summed E-state index contributed by atoms with van der Waals surface area (Å²) in [6.07, 6.45) is 1.65. The van der Waals surface area contributed by atoms with Gasteiger partial charge in [-0.2, -0.15) is 10.2 Å². The van der Waals surface area contributed by atoms with E-state index in [-0.39, 0.29) is 11.8 Å². The maximum Gasteiger partial charge on any atom is 0.249 e. The van der Waals surface area contributed by atoms with E-state index in [1.165, 1.54) is 0 Å². The summed E-state index contributed by atoms with van der Waals surface area (Å²) in [4.78, 5) is 28.6. The summed E-state index contributed by atoms with van der Waals surface area (Å²) in [6, 6.07) is 5.46. The first-order valence-corrected chi connectivity index (χ1v) is 6.68. The third-order valence-electron chi connectivity index (χ3n) is 3.90. The van der Waals surface area contributed by atoms with Gasteiger partial charge in [0.25, 0.3) is 0 Å². The molecule has 2 unspecified atom stereocenters. The first-order chi connectivity index (χ1) is 10.1. The van der Waals surface area contributed by atoms with Crippen LogP contribution in [-0.2, 0) is 9.59 Å². The Morgan fingerprint density at radius 1 is 1.00 bits per heavy atom. The minimum Gasteiger partial charge on any atom is -0.272 e. The molecule has 1 aromatic rings. The highest BCUT2D eigenvalue weighted by Crippen LogP contribution is 2.36. The first-order valence-electron chi connectivity index (χ1n) is 6.68. The fourth-order valence-corrected chi connectivity index (χ4v) is 2.90. The molecule has 0 bridgehead atoms. The fraction of sp³-hybridized carbons (Fsp3) is 0.357. The summed E-state index contributed by atoms with van der Waals surface area (Å²) < 4.78 is 0. The molecule has 0 fully saturated rings. The molecule has 7 heteroatoms. The number of carbonyl (C=O) groups excluding carboxylic acids is 2. The van der Waals surface area contributed by atoms with E-state index in [0.717, 1.165) is 0 Å². The highest BCUT2D eigenvalue weighted by molar-refractivity contribution is 6.12. The molecule has 1 aromatic heterocycles. The maximum absolute atomic E-state index is 12.1. The van der Waals surface area contributed by atoms with Crippen molar-refractivity contribution < 1.29 is 9.59 Å². The molecule has 2 aliphatic heterocycles. The van der Waals surface area contributed by atoms with E-state index in [0.29, 0.717) is 17.1 Å². The van der Waals surface area contributed by atoms with Gasteiger partial charge in [-0.1, -0.05) is 6.07 Å². The molecule has 21 heavy (non-hydrogen) atoms. The molecule has 0 spiro atoms. The quantitative estimate of drug-likeness (QED) is 0.841. The summed E-state index contributed by atoms with van der Waals surface area (Å²) in [6.45, 7) is 3.55. The Morgan fingerprint density at radius 3 is 1.95 bits per heavy atom. The van der Waals surface area contributed by atoms with Crippen LogP contribution in [0.25, 0.3) is 0 Å². The third kappa shape index (κ3) is 2.20. The number of nitrogens with zero attached hydrogens (tertiary/aromatic N) is 3. The minimum atomic E-state index is -0.515. The number of hydrazone groups is 2. The molecule has 3 heterocycles. The number of nitrogens with one attached hydrogen (secondary N) is 2. The average molecular weight is 285 g/mol. The van der Waals surface area contributed by atoms with Gasteiger partial charge in [0, 0.05) is 29.2 Å². The number of carbonyl (C=O) groups is 2. The van der Waals surface area contributed by atoms with Crippen LogP contribution in [0, 0.1) is 11.8 Å². The average Bonchev–Trinajstić information content (AvgIpc) is 2.98. The zero-order valence-corrected chi connectivity index (χ0v) is 11.7. The molecule has 0 radical (unpaired) electrons. The fourth-order valence-electron chi connectivity index (χ4n) is 2.90. The second-order valence-corrected chi connectivity index (χ2v) is 5.19. The van der Waals surface area contributed by atoms with E-state index < -0.39 is 17.8 Å². The Balaban J connectivity index is 2.08. The van der Waals surface area contributed by atoms with Crippen LogP contribution >= 0.6 is 0 Å². The van der Waals surface area contributed by atoms with Crippen molar-refractivity contribution in [2.75, 3.05) is 0 Å². The molecule has 0 saturated carbocycles. The molecule has 0 saturated heterocycles. The predicted molar refractivity (Wildman–Crippen MR) is 76.5 cm³/mol. The standard InChI is InChI=1S/C14H15N5O2/c1-7-10(13(20)18-16-7)12(9-5-3-4-6-15-9)11-8(2)17-19-14(11)21/h3-6,10-12H,1-2H3,(H,18,20)(H,19,21). The van der Waals surface area contributed by atoms with Gasteiger partial charge < -0.3 is 0 Å². The van der Waals surface area contributed by atoms with Crippen LogP contribution in [0.1, 0.15) is 25.5 Å². The lowest BCUT2D eigenvalue weighted by Crippen LogP contribution is -2.38. The second kappa shape index (κ2) is 5.08. The largest absolute Gasteiger partial charge is 0.272 e. The number of rotatable bonds is 3. The lowest BCUT2D eigenvalue weighted by molar-refractivity contribution is -0.125. The van der Waals surface area contributed by atoms with Gasteiger partial charge in [0.05, 0.1) is 11.8 Å². The summed E-state index contributed by atoms with van der Waals surface area (Å²) in [5, 5.41) is 7.97. The molecule has 7 nitrogen and oxygen atoms in total. The van der Waals surface area contributed by atoms with Crippen LogP contribution in [0.4, 0.5) is 0 Å². The van der Waals surface area contributed by atoms with Crippen LogP contribution < -0.4 is 10.9 Å². The molecule has 0 aromatic carbocycles. The summed E-state index contributed by atoms with van der Waals surface area (Å²) in [7, 11) is 0. The lowest BCUT2D eigenvalue weighted by atomic mass is 9.75. The van der Waals surface area contributed by atoms with E-state index in [1.54, 1.807) is 26.1 Å². The normalized spacial score (nSPS) is 26.0. The second-order valence-electron chi connectivity index (χ2n) is 5.19. The highest BCUT2D eigenvalue weighted by Gasteiger charge is 2.46. The smallest absolute Gasteiger partial charge is 0.249 e. The Morgan fingerprint density at radius 2 is 1.57 bits per heavy atom. The van der Waals surface area contributed by atoms with Gasteiger partial charge in [0.15, 0.2) is 0 Å². The zero-order chi connectivity index (χ0) is 15.0. The molecule has 2 atom stereocenters. The topological polar surface area (TPSA) is 95.8 Å². The van der Waals surface area contributed by atoms with Crippen molar-refractivity contribution in [1.29, 1.82) is 0 Å². The summed E-state index contributed by atoms with van der Waals surface area (Å²) in [5.41, 5.74) is 6.94. The maximum atomic E-state index is 12.1. The van der Waals surface area contributed by atoms with Crippen molar-refractivity contribution >= 4 is 23.2 Å². The Hall–Kier alpha value is -2.57. The van der Waals surface area contributed by atoms with Crippen LogP contribution in [-0.4, -0.2) is 28.2 Å². The van der Waals surface area contributed by atoms with Gasteiger partial charge in [-0.15, -0.1) is 0 Å². The van der Waals surface area contributed by atoms with E-state index in [1.807, 2.05) is 12.1 Å². The van der Waals surface area contributed by atoms with Gasteiger partial charge in [0.2, 0.25) is 11.8 Å². The third-order valence-corrected chi connectivity index (χ3v) is 3.90. The van der Waals surface area contributed by atoms with Crippen LogP contribution in [0.5, 0.6) is 0 Å². The number of aromatic nitrogens is 1. The van der Waals surface area contributed by atoms with Gasteiger partial charge in [-0.25, -0.2) is 10.9 Å². The van der Waals surface area contributed by atoms with Crippen LogP contribution in [0.3, 0.4) is 0 Å². The molecule has 2 N–H and O–H groups in total. The SMILES string of the molecule is CC1=NNC(=O)C1C(c1ccccn1)C1C(=O)NN=C1C. The number of hydrogen-bond donors (Lipinski definition) is 2. The van der Waals surface area contributed by atoms with E-state index in [2.05, 4.69) is 26.0 Å². The highest BCUT2D eigenvalue weighted by atomic mass is 16.2. The van der Waals surface area contributed by atoms with Crippen LogP contribution in [0.15, 0.2) is 34.6 Å². The van der Waals surface area contributed by atoms with E-state index >= 15 is 0 Å². The molecular formula is C14H15N5O2. The van der Waals surface area contributed by atoms with E-state index in [4.69, 9.17) is 0 Å². The molecule has 2 aliphatic rings. The Labute approximate surface area is 121 Å². The molecule has 3 rings (SSSR count). The Bertz CT molecular complexity index is 615. The molecule has 108 valence electrons. The zero-order valence-electron chi connectivity index (χ0n) is 11.7. The summed E-state index contributed by atoms with van der Waals surface area (Å²) in [5.74, 6) is -1.87. The monoisotopic (exact) mass is 285 g/mol. The van der Waals surface area contributed by atoms with Gasteiger partial charge >= 0.3 is 0 Å². The van der Waals surface area contributed by atoms with Crippen LogP contribution in [0.2, 0.25) is 0 Å². The van der Waals surface area contributed by atoms with E-state index in [9.17, 15) is 9.59 Å². The van der Waals surface area contributed by atoms with Crippen molar-refractivity contribution in [3.05, 3.63) is 30.1 Å². The van der Waals surface area contributed by atoms with Gasteiger partial charge in [-0.05, 0) is 26.0 Å². The first kappa shape index (κ1) is 13.4. The van der Waals surface area contributed by atoms with Crippen molar-refractivity contribution in [2.24, 2.45) is 22.0 Å². The van der Waals surface area contributed by atoms with Crippen molar-refractivity contribution in [3.8, 4) is 0 Å². The predicted octanol–water partition coefficient (Wildman–Crippen LogP) is 0.409.